The van der Waals surface area contributed by atoms with Crippen molar-refractivity contribution in [2.45, 2.75) is 53.1 Å². The SMILES string of the molecule is COc1ccc([C@H]2OC[C@@H](C)[C@@H]([C@H](COC(C)=O)[C@H](OC(C)=O)/C(C)=C/[C@@H](C)CO)O2)cc1OC. The fourth-order valence-corrected chi connectivity index (χ4v) is 4.21. The molecule has 35 heavy (non-hydrogen) atoms. The van der Waals surface area contributed by atoms with Crippen molar-refractivity contribution in [3.8, 4) is 11.5 Å². The first-order valence-electron chi connectivity index (χ1n) is 11.7. The van der Waals surface area contributed by atoms with Crippen LogP contribution >= 0.6 is 0 Å². The Labute approximate surface area is 207 Å². The van der Waals surface area contributed by atoms with Gasteiger partial charge in [0.15, 0.2) is 17.8 Å². The number of rotatable bonds is 11. The van der Waals surface area contributed by atoms with E-state index in [4.69, 9.17) is 28.4 Å². The smallest absolute Gasteiger partial charge is 0.303 e. The molecule has 9 nitrogen and oxygen atoms in total. The molecule has 2 rings (SSSR count). The van der Waals surface area contributed by atoms with Crippen LogP contribution in [-0.2, 0) is 28.5 Å². The Morgan fingerprint density at radius 1 is 1.14 bits per heavy atom. The molecule has 0 spiro atoms. The van der Waals surface area contributed by atoms with Crippen LogP contribution in [0.5, 0.6) is 11.5 Å². The van der Waals surface area contributed by atoms with Gasteiger partial charge in [-0.3, -0.25) is 9.59 Å². The first kappa shape index (κ1) is 28.6. The molecule has 1 aromatic rings. The van der Waals surface area contributed by atoms with Gasteiger partial charge in [0.25, 0.3) is 0 Å². The van der Waals surface area contributed by atoms with E-state index in [9.17, 15) is 14.7 Å². The maximum Gasteiger partial charge on any atom is 0.303 e. The second-order valence-corrected chi connectivity index (χ2v) is 8.92. The van der Waals surface area contributed by atoms with Crippen LogP contribution in [0, 0.1) is 17.8 Å². The maximum atomic E-state index is 12.0. The van der Waals surface area contributed by atoms with E-state index in [-0.39, 0.29) is 25.0 Å². The van der Waals surface area contributed by atoms with Gasteiger partial charge < -0.3 is 33.5 Å². The van der Waals surface area contributed by atoms with Crippen LogP contribution in [0.15, 0.2) is 29.8 Å². The van der Waals surface area contributed by atoms with E-state index in [1.165, 1.54) is 13.8 Å². The van der Waals surface area contributed by atoms with Crippen molar-refractivity contribution < 1.29 is 43.1 Å². The highest BCUT2D eigenvalue weighted by molar-refractivity contribution is 5.67. The van der Waals surface area contributed by atoms with E-state index in [0.717, 1.165) is 11.1 Å². The number of benzene rings is 1. The number of aliphatic hydroxyl groups excluding tert-OH is 1. The van der Waals surface area contributed by atoms with Gasteiger partial charge in [0.1, 0.15) is 12.7 Å². The quantitative estimate of drug-likeness (QED) is 0.365. The molecule has 0 saturated carbocycles. The van der Waals surface area contributed by atoms with Crippen molar-refractivity contribution in [1.82, 2.24) is 0 Å². The molecule has 1 N–H and O–H groups in total. The van der Waals surface area contributed by atoms with Crippen LogP contribution in [0.1, 0.15) is 46.5 Å². The van der Waals surface area contributed by atoms with Crippen LogP contribution in [0.2, 0.25) is 0 Å². The largest absolute Gasteiger partial charge is 0.493 e. The summed E-state index contributed by atoms with van der Waals surface area (Å²) in [5.74, 6) is -0.534. The second-order valence-electron chi connectivity index (χ2n) is 8.92. The highest BCUT2D eigenvalue weighted by Gasteiger charge is 2.42. The molecule has 0 bridgehead atoms. The first-order chi connectivity index (χ1) is 16.6. The lowest BCUT2D eigenvalue weighted by molar-refractivity contribution is -0.260. The summed E-state index contributed by atoms with van der Waals surface area (Å²) in [4.78, 5) is 23.7. The Hall–Kier alpha value is -2.62. The molecule has 9 heteroatoms. The molecule has 6 atom stereocenters. The summed E-state index contributed by atoms with van der Waals surface area (Å²) >= 11 is 0. The van der Waals surface area contributed by atoms with Gasteiger partial charge in [-0.05, 0) is 30.5 Å². The van der Waals surface area contributed by atoms with Crippen LogP contribution in [0.3, 0.4) is 0 Å². The van der Waals surface area contributed by atoms with E-state index in [1.54, 1.807) is 26.4 Å². The van der Waals surface area contributed by atoms with Gasteiger partial charge in [-0.2, -0.15) is 0 Å². The van der Waals surface area contributed by atoms with Gasteiger partial charge in [0, 0.05) is 31.9 Å². The number of carbonyl (C=O) groups is 2. The van der Waals surface area contributed by atoms with Gasteiger partial charge in [0.2, 0.25) is 0 Å². The number of hydrogen-bond acceptors (Lipinski definition) is 9. The lowest BCUT2D eigenvalue weighted by atomic mass is 9.84. The van der Waals surface area contributed by atoms with E-state index in [2.05, 4.69) is 0 Å². The third kappa shape index (κ3) is 7.95. The monoisotopic (exact) mass is 494 g/mol. The molecule has 1 fully saturated rings. The van der Waals surface area contributed by atoms with E-state index >= 15 is 0 Å². The zero-order chi connectivity index (χ0) is 26.1. The van der Waals surface area contributed by atoms with E-state index < -0.39 is 36.4 Å². The molecule has 0 unspecified atom stereocenters. The molecule has 0 aliphatic carbocycles. The minimum Gasteiger partial charge on any atom is -0.493 e. The predicted octanol–water partition coefficient (Wildman–Crippen LogP) is 3.44. The Morgan fingerprint density at radius 3 is 2.40 bits per heavy atom. The van der Waals surface area contributed by atoms with Gasteiger partial charge >= 0.3 is 11.9 Å². The van der Waals surface area contributed by atoms with Crippen molar-refractivity contribution in [3.63, 3.8) is 0 Å². The van der Waals surface area contributed by atoms with Crippen molar-refractivity contribution in [2.24, 2.45) is 17.8 Å². The van der Waals surface area contributed by atoms with Crippen molar-refractivity contribution in [3.05, 3.63) is 35.4 Å². The van der Waals surface area contributed by atoms with E-state index in [1.807, 2.05) is 32.9 Å². The molecule has 196 valence electrons. The minimum absolute atomic E-state index is 0.0143. The highest BCUT2D eigenvalue weighted by Crippen LogP contribution is 2.38. The topological polar surface area (TPSA) is 110 Å². The fourth-order valence-electron chi connectivity index (χ4n) is 4.21. The van der Waals surface area contributed by atoms with Crippen LogP contribution in [-0.4, -0.2) is 63.3 Å². The van der Waals surface area contributed by atoms with Gasteiger partial charge in [-0.15, -0.1) is 0 Å². The Bertz CT molecular complexity index is 882. The minimum atomic E-state index is -0.725. The van der Waals surface area contributed by atoms with Gasteiger partial charge in [-0.25, -0.2) is 0 Å². The molecule has 0 radical (unpaired) electrons. The summed E-state index contributed by atoms with van der Waals surface area (Å²) in [5, 5.41) is 9.51. The Morgan fingerprint density at radius 2 is 1.83 bits per heavy atom. The highest BCUT2D eigenvalue weighted by atomic mass is 16.7. The molecular weight excluding hydrogens is 456 g/mol. The Kier molecular flexibility index (Phi) is 11.0. The predicted molar refractivity (Wildman–Crippen MR) is 128 cm³/mol. The molecule has 1 saturated heterocycles. The summed E-state index contributed by atoms with van der Waals surface area (Å²) < 4.78 is 34.2. The average Bonchev–Trinajstić information content (AvgIpc) is 2.83. The van der Waals surface area contributed by atoms with E-state index in [0.29, 0.717) is 18.1 Å². The lowest BCUT2D eigenvalue weighted by Crippen LogP contribution is -2.47. The van der Waals surface area contributed by atoms with Crippen LogP contribution in [0.25, 0.3) is 0 Å². The van der Waals surface area contributed by atoms with Gasteiger partial charge in [-0.1, -0.05) is 26.0 Å². The summed E-state index contributed by atoms with van der Waals surface area (Å²) in [6, 6.07) is 5.39. The lowest BCUT2D eigenvalue weighted by Gasteiger charge is -2.41. The zero-order valence-corrected chi connectivity index (χ0v) is 21.6. The molecule has 1 aliphatic rings. The fraction of sp³-hybridized carbons (Fsp3) is 0.615. The molecule has 1 aliphatic heterocycles. The number of methoxy groups -OCH3 is 2. The van der Waals surface area contributed by atoms with Crippen molar-refractivity contribution in [2.75, 3.05) is 34.0 Å². The number of aliphatic hydroxyl groups is 1. The third-order valence-electron chi connectivity index (χ3n) is 5.90. The zero-order valence-electron chi connectivity index (χ0n) is 21.6. The summed E-state index contributed by atoms with van der Waals surface area (Å²) in [6.07, 6.45) is -0.0604. The van der Waals surface area contributed by atoms with Crippen LogP contribution < -0.4 is 9.47 Å². The van der Waals surface area contributed by atoms with Crippen molar-refractivity contribution >= 4 is 11.9 Å². The van der Waals surface area contributed by atoms with Gasteiger partial charge in [0.05, 0.1) is 32.8 Å². The summed E-state index contributed by atoms with van der Waals surface area (Å²) in [5.41, 5.74) is 1.47. The first-order valence-corrected chi connectivity index (χ1v) is 11.7. The third-order valence-corrected chi connectivity index (χ3v) is 5.90. The molecule has 0 amide bonds. The van der Waals surface area contributed by atoms with Crippen LogP contribution in [0.4, 0.5) is 0 Å². The average molecular weight is 495 g/mol. The number of ether oxygens (including phenoxy) is 6. The summed E-state index contributed by atoms with van der Waals surface area (Å²) in [7, 11) is 3.11. The maximum absolute atomic E-state index is 12.0. The molecule has 0 aromatic heterocycles. The van der Waals surface area contributed by atoms with Crippen molar-refractivity contribution in [1.29, 1.82) is 0 Å². The number of esters is 2. The Balaban J connectivity index is 2.43. The molecule has 1 heterocycles. The number of hydrogen-bond donors (Lipinski definition) is 1. The second kappa shape index (κ2) is 13.5. The molecule has 1 aromatic carbocycles. The summed E-state index contributed by atoms with van der Waals surface area (Å²) in [6.45, 7) is 8.63. The standard InChI is InChI=1S/C26H38O9/c1-15(12-27)10-16(2)24(34-19(5)29)21(14-32-18(4)28)25-17(3)13-33-26(35-25)20-8-9-22(30-6)23(11-20)31-7/h8-11,15,17,21,24-27H,12-14H2,1-7H3/b16-10+/t15-,17-,21-,24-,25+,26+/m1/s1. The molecular formula is C26H38O9. The number of carbonyl (C=O) groups excluding carboxylic acids is 2. The normalized spacial score (nSPS) is 23.1.